The summed E-state index contributed by atoms with van der Waals surface area (Å²) in [6, 6.07) is 0. The first kappa shape index (κ1) is 24.2. The molecular formula is C20H34F3NO5. The Morgan fingerprint density at radius 1 is 1.10 bits per heavy atom. The molecule has 9 heteroatoms. The molecule has 1 unspecified atom stereocenters. The molecule has 2 fully saturated rings. The van der Waals surface area contributed by atoms with Crippen molar-refractivity contribution in [3.05, 3.63) is 0 Å². The molecule has 1 aliphatic carbocycles. The molecule has 1 saturated carbocycles. The van der Waals surface area contributed by atoms with E-state index < -0.39 is 24.0 Å². The largest absolute Gasteiger partial charge is 0.444 e. The van der Waals surface area contributed by atoms with Gasteiger partial charge in [0.25, 0.3) is 0 Å². The van der Waals surface area contributed by atoms with Gasteiger partial charge in [-0.2, -0.15) is 13.2 Å². The Hall–Kier alpha value is -1.06. The molecule has 6 nitrogen and oxygen atoms in total. The van der Waals surface area contributed by atoms with Crippen LogP contribution in [0.1, 0.15) is 59.3 Å². The highest BCUT2D eigenvalue weighted by Gasteiger charge is 2.45. The van der Waals surface area contributed by atoms with E-state index in [2.05, 4.69) is 0 Å². The smallest absolute Gasteiger partial charge is 0.414 e. The highest BCUT2D eigenvalue weighted by Crippen LogP contribution is 2.32. The summed E-state index contributed by atoms with van der Waals surface area (Å²) < 4.78 is 55.6. The van der Waals surface area contributed by atoms with Gasteiger partial charge < -0.3 is 24.2 Å². The number of halogens is 3. The first-order valence-corrected chi connectivity index (χ1v) is 10.4. The maximum atomic E-state index is 13.2. The molecule has 0 aromatic heterocycles. The number of likely N-dealkylation sites (tertiary alicyclic amines) is 1. The molecule has 1 amide bonds. The second kappa shape index (κ2) is 10.3. The van der Waals surface area contributed by atoms with E-state index in [1.54, 1.807) is 20.8 Å². The third-order valence-electron chi connectivity index (χ3n) is 5.05. The fraction of sp³-hybridized carbons (Fsp3) is 0.950. The number of carbonyl (C=O) groups is 1. The number of rotatable bonds is 10. The molecule has 0 aromatic carbocycles. The number of amides is 1. The number of hydrogen-bond donors (Lipinski definition) is 1. The fourth-order valence-electron chi connectivity index (χ4n) is 3.32. The van der Waals surface area contributed by atoms with Gasteiger partial charge in [-0.3, -0.25) is 0 Å². The SMILES string of the molecule is CC(C)(C)OC(=O)N1CC(CC(OCCCCCOC2CC(O)C2)C(F)(F)F)C1. The van der Waals surface area contributed by atoms with Crippen LogP contribution in [0.25, 0.3) is 0 Å². The van der Waals surface area contributed by atoms with Crippen LogP contribution in [0.2, 0.25) is 0 Å². The Balaban J connectivity index is 1.58. The Morgan fingerprint density at radius 3 is 2.28 bits per heavy atom. The molecule has 1 aliphatic heterocycles. The van der Waals surface area contributed by atoms with Crippen LogP contribution in [0.5, 0.6) is 0 Å². The molecule has 2 rings (SSSR count). The first-order chi connectivity index (χ1) is 13.4. The van der Waals surface area contributed by atoms with E-state index in [9.17, 15) is 18.0 Å². The molecule has 0 radical (unpaired) electrons. The van der Waals surface area contributed by atoms with E-state index in [-0.39, 0.29) is 44.2 Å². The zero-order chi connectivity index (χ0) is 21.7. The van der Waals surface area contributed by atoms with Crippen LogP contribution in [-0.4, -0.2) is 72.5 Å². The third-order valence-corrected chi connectivity index (χ3v) is 5.05. The van der Waals surface area contributed by atoms with Gasteiger partial charge in [-0.1, -0.05) is 0 Å². The van der Waals surface area contributed by atoms with Crippen molar-refractivity contribution in [3.8, 4) is 0 Å². The average Bonchev–Trinajstić information content (AvgIpc) is 2.49. The number of nitrogens with zero attached hydrogens (tertiary/aromatic N) is 1. The van der Waals surface area contributed by atoms with Gasteiger partial charge in [0, 0.05) is 26.3 Å². The minimum absolute atomic E-state index is 0.0504. The van der Waals surface area contributed by atoms with Crippen molar-refractivity contribution in [2.75, 3.05) is 26.3 Å². The lowest BCUT2D eigenvalue weighted by Crippen LogP contribution is -2.53. The maximum absolute atomic E-state index is 13.2. The number of aliphatic hydroxyl groups excluding tert-OH is 1. The summed E-state index contributed by atoms with van der Waals surface area (Å²) in [6.45, 7) is 6.38. The van der Waals surface area contributed by atoms with Crippen molar-refractivity contribution in [1.82, 2.24) is 4.90 Å². The molecule has 1 atom stereocenters. The maximum Gasteiger partial charge on any atom is 0.414 e. The van der Waals surface area contributed by atoms with E-state index in [1.807, 2.05) is 0 Å². The number of ether oxygens (including phenoxy) is 3. The summed E-state index contributed by atoms with van der Waals surface area (Å²) in [5.74, 6) is -0.236. The predicted octanol–water partition coefficient (Wildman–Crippen LogP) is 3.90. The quantitative estimate of drug-likeness (QED) is 0.538. The fourth-order valence-corrected chi connectivity index (χ4v) is 3.32. The van der Waals surface area contributed by atoms with E-state index in [0.29, 0.717) is 25.9 Å². The van der Waals surface area contributed by atoms with Crippen molar-refractivity contribution in [2.24, 2.45) is 5.92 Å². The van der Waals surface area contributed by atoms with Crippen molar-refractivity contribution < 1.29 is 37.3 Å². The summed E-state index contributed by atoms with van der Waals surface area (Å²) in [6.07, 6.45) is -3.60. The van der Waals surface area contributed by atoms with Crippen molar-refractivity contribution in [1.29, 1.82) is 0 Å². The van der Waals surface area contributed by atoms with Gasteiger partial charge in [0.1, 0.15) is 5.60 Å². The molecular weight excluding hydrogens is 391 g/mol. The molecule has 170 valence electrons. The van der Waals surface area contributed by atoms with Gasteiger partial charge in [0.05, 0.1) is 12.2 Å². The molecule has 0 aromatic rings. The second-order valence-corrected chi connectivity index (χ2v) is 9.07. The third kappa shape index (κ3) is 8.68. The minimum Gasteiger partial charge on any atom is -0.444 e. The topological polar surface area (TPSA) is 68.2 Å². The summed E-state index contributed by atoms with van der Waals surface area (Å²) >= 11 is 0. The predicted molar refractivity (Wildman–Crippen MR) is 101 cm³/mol. The lowest BCUT2D eigenvalue weighted by atomic mass is 9.92. The number of aliphatic hydroxyl groups is 1. The van der Waals surface area contributed by atoms with Gasteiger partial charge >= 0.3 is 12.3 Å². The van der Waals surface area contributed by atoms with Crippen LogP contribution in [-0.2, 0) is 14.2 Å². The van der Waals surface area contributed by atoms with Gasteiger partial charge in [-0.05, 0) is 65.2 Å². The normalized spacial score (nSPS) is 24.0. The second-order valence-electron chi connectivity index (χ2n) is 9.07. The Kier molecular flexibility index (Phi) is 8.60. The van der Waals surface area contributed by atoms with Gasteiger partial charge in [0.15, 0.2) is 6.10 Å². The Labute approximate surface area is 170 Å². The van der Waals surface area contributed by atoms with Gasteiger partial charge in [-0.25, -0.2) is 4.79 Å². The lowest BCUT2D eigenvalue weighted by Gasteiger charge is -2.41. The molecule has 1 heterocycles. The Bertz CT molecular complexity index is 511. The van der Waals surface area contributed by atoms with Crippen LogP contribution in [0.3, 0.4) is 0 Å². The standard InChI is InChI=1S/C20H34F3NO5/c1-19(2,3)29-18(26)24-12-14(13-24)9-17(20(21,22)23)28-8-6-4-5-7-27-16-10-15(25)11-16/h14-17,25H,4-13H2,1-3H3. The zero-order valence-electron chi connectivity index (χ0n) is 17.5. The van der Waals surface area contributed by atoms with Crippen LogP contribution in [0, 0.1) is 5.92 Å². The number of hydrogen-bond acceptors (Lipinski definition) is 5. The van der Waals surface area contributed by atoms with Crippen LogP contribution in [0.4, 0.5) is 18.0 Å². The number of alkyl halides is 3. The first-order valence-electron chi connectivity index (χ1n) is 10.4. The molecule has 1 saturated heterocycles. The summed E-state index contributed by atoms with van der Waals surface area (Å²) in [5.41, 5.74) is -0.621. The monoisotopic (exact) mass is 425 g/mol. The summed E-state index contributed by atoms with van der Waals surface area (Å²) in [4.78, 5) is 13.3. The molecule has 0 spiro atoms. The van der Waals surface area contributed by atoms with Crippen LogP contribution in [0.15, 0.2) is 0 Å². The summed E-state index contributed by atoms with van der Waals surface area (Å²) in [5, 5.41) is 9.17. The van der Waals surface area contributed by atoms with E-state index in [1.165, 1.54) is 4.90 Å². The highest BCUT2D eigenvalue weighted by atomic mass is 19.4. The average molecular weight is 425 g/mol. The number of carbonyl (C=O) groups excluding carboxylic acids is 1. The lowest BCUT2D eigenvalue weighted by molar-refractivity contribution is -0.227. The van der Waals surface area contributed by atoms with Crippen molar-refractivity contribution >= 4 is 6.09 Å². The molecule has 1 N–H and O–H groups in total. The van der Waals surface area contributed by atoms with E-state index in [0.717, 1.165) is 12.8 Å². The van der Waals surface area contributed by atoms with Gasteiger partial charge in [-0.15, -0.1) is 0 Å². The number of unbranched alkanes of at least 4 members (excludes halogenated alkanes) is 2. The van der Waals surface area contributed by atoms with Crippen LogP contribution < -0.4 is 0 Å². The van der Waals surface area contributed by atoms with Gasteiger partial charge in [0.2, 0.25) is 0 Å². The Morgan fingerprint density at radius 2 is 1.72 bits per heavy atom. The van der Waals surface area contributed by atoms with E-state index >= 15 is 0 Å². The highest BCUT2D eigenvalue weighted by molar-refractivity contribution is 5.69. The van der Waals surface area contributed by atoms with E-state index in [4.69, 9.17) is 19.3 Å². The zero-order valence-corrected chi connectivity index (χ0v) is 17.5. The molecule has 0 bridgehead atoms. The minimum atomic E-state index is -4.42. The van der Waals surface area contributed by atoms with Crippen LogP contribution >= 0.6 is 0 Å². The van der Waals surface area contributed by atoms with Crippen molar-refractivity contribution in [3.63, 3.8) is 0 Å². The summed E-state index contributed by atoms with van der Waals surface area (Å²) in [7, 11) is 0. The van der Waals surface area contributed by atoms with Crippen molar-refractivity contribution in [2.45, 2.75) is 89.4 Å². The molecule has 2 aliphatic rings. The molecule has 29 heavy (non-hydrogen) atoms.